The minimum atomic E-state index is 0. The van der Waals surface area contributed by atoms with Crippen LogP contribution >= 0.6 is 0 Å². The van der Waals surface area contributed by atoms with Gasteiger partial charge in [-0.25, -0.2) is 0 Å². The van der Waals surface area contributed by atoms with Gasteiger partial charge < -0.3 is 13.1 Å². The number of phenolic OH excluding ortho intramolecular Hbond substituents is 2. The van der Waals surface area contributed by atoms with E-state index in [9.17, 15) is 0 Å². The fourth-order valence-electron chi connectivity index (χ4n) is 1.17. The predicted molar refractivity (Wildman–Crippen MR) is 88.4 cm³/mol. The zero-order valence-corrected chi connectivity index (χ0v) is 11.7. The molecular weight excluding hydrogens is 259 g/mol. The van der Waals surface area contributed by atoms with Crippen LogP contribution in [0.2, 0.25) is 0 Å². The summed E-state index contributed by atoms with van der Waals surface area (Å²) in [6.45, 7) is 0. The number of hydrogen-bond acceptors (Lipinski definition) is 3. The van der Waals surface area contributed by atoms with Gasteiger partial charge in [-0.2, -0.15) is 0 Å². The Morgan fingerprint density at radius 1 is 0.571 bits per heavy atom. The molecule has 21 heavy (non-hydrogen) atoms. The Kier molecular flexibility index (Phi) is 10.8. The second-order valence-electron chi connectivity index (χ2n) is 3.70. The van der Waals surface area contributed by atoms with Crippen molar-refractivity contribution in [2.45, 2.75) is 0 Å². The number of phenols is 2. The van der Waals surface area contributed by atoms with E-state index >= 15 is 0 Å². The fourth-order valence-corrected chi connectivity index (χ4v) is 1.17. The second-order valence-corrected chi connectivity index (χ2v) is 3.70. The van der Waals surface area contributed by atoms with Crippen LogP contribution in [0.15, 0.2) is 91.3 Å². The maximum absolute atomic E-state index is 8.63. The van der Waals surface area contributed by atoms with Gasteiger partial charge >= 0.3 is 10.1 Å². The fraction of sp³-hybridized carbons (Fsp3) is 0. The van der Waals surface area contributed by atoms with E-state index in [-0.39, 0.29) is 13.0 Å². The van der Waals surface area contributed by atoms with Crippen molar-refractivity contribution in [3.63, 3.8) is 0 Å². The molecule has 2 N–H and O–H groups in total. The molecule has 3 aromatic rings. The van der Waals surface area contributed by atoms with Crippen molar-refractivity contribution in [3.8, 4) is 11.5 Å². The van der Waals surface area contributed by atoms with E-state index in [0.717, 1.165) is 0 Å². The summed E-state index contributed by atoms with van der Waals surface area (Å²) in [7, 11) is 0. The van der Waals surface area contributed by atoms with Gasteiger partial charge in [-0.3, -0.25) is 4.98 Å². The first-order valence-corrected chi connectivity index (χ1v) is 6.12. The van der Waals surface area contributed by atoms with Crippen LogP contribution in [0, 0.1) is 0 Å². The van der Waals surface area contributed by atoms with E-state index in [1.165, 1.54) is 0 Å². The summed E-state index contributed by atoms with van der Waals surface area (Å²) < 4.78 is 0. The van der Waals surface area contributed by atoms with Gasteiger partial charge in [0.1, 0.15) is 11.5 Å². The number of aromatic hydroxyl groups is 2. The van der Waals surface area contributed by atoms with Crippen molar-refractivity contribution in [2.24, 2.45) is 0 Å². The number of rotatable bonds is 0. The van der Waals surface area contributed by atoms with Crippen molar-refractivity contribution in [2.75, 3.05) is 0 Å². The Morgan fingerprint density at radius 2 is 0.905 bits per heavy atom. The molecular formula is C17H19BeNO2. The summed E-state index contributed by atoms with van der Waals surface area (Å²) >= 11 is 0. The minimum absolute atomic E-state index is 0. The zero-order chi connectivity index (χ0) is 14.5. The van der Waals surface area contributed by atoms with Gasteiger partial charge in [-0.15, -0.1) is 0 Å². The minimum Gasteiger partial charge on any atom is -1.00 e. The maximum atomic E-state index is 8.63. The smallest absolute Gasteiger partial charge is 1.00 e. The van der Waals surface area contributed by atoms with Gasteiger partial charge in [0, 0.05) is 12.4 Å². The van der Waals surface area contributed by atoms with Crippen LogP contribution in [0.25, 0.3) is 0 Å². The van der Waals surface area contributed by atoms with E-state index in [2.05, 4.69) is 4.98 Å². The Labute approximate surface area is 131 Å². The average molecular weight is 278 g/mol. The zero-order valence-electron chi connectivity index (χ0n) is 13.7. The first kappa shape index (κ1) is 18.4. The third kappa shape index (κ3) is 10.9. The molecule has 2 aromatic carbocycles. The Balaban J connectivity index is -0.000000246. The molecule has 0 bridgehead atoms. The molecule has 3 nitrogen and oxygen atoms in total. The van der Waals surface area contributed by atoms with Crippen molar-refractivity contribution in [1.29, 1.82) is 0 Å². The molecule has 106 valence electrons. The van der Waals surface area contributed by atoms with Crippen molar-refractivity contribution >= 4 is 10.1 Å². The molecule has 0 aliphatic rings. The Bertz CT molecular complexity index is 493. The molecule has 1 aromatic heterocycles. The van der Waals surface area contributed by atoms with E-state index in [1.807, 2.05) is 30.3 Å². The number of benzene rings is 2. The van der Waals surface area contributed by atoms with Crippen LogP contribution in [-0.2, 0) is 0 Å². The third-order valence-electron chi connectivity index (χ3n) is 2.08. The Morgan fingerprint density at radius 3 is 1.05 bits per heavy atom. The molecule has 0 amide bonds. The molecule has 0 aliphatic carbocycles. The monoisotopic (exact) mass is 278 g/mol. The standard InChI is InChI=1S/2C6H6O.C5H5N.Be.2H/c2*7-6-4-2-1-3-5-6;1-2-4-6-5-3-1;;;/h2*1-5,7H;1-5H;;;/q;;;+2;2*-1. The summed E-state index contributed by atoms with van der Waals surface area (Å²) in [4.78, 5) is 3.78. The third-order valence-corrected chi connectivity index (χ3v) is 2.08. The first-order chi connectivity index (χ1) is 9.79. The quantitative estimate of drug-likeness (QED) is 0.616. The summed E-state index contributed by atoms with van der Waals surface area (Å²) in [6.07, 6.45) is 3.50. The largest absolute Gasteiger partial charge is 2.00 e. The number of pyridine rings is 1. The van der Waals surface area contributed by atoms with E-state index in [0.29, 0.717) is 11.5 Å². The average Bonchev–Trinajstić information content (AvgIpc) is 2.52. The Hall–Kier alpha value is -2.64. The SMILES string of the molecule is Oc1ccccc1.Oc1ccccc1.[Be+2].[H-].[H-].c1ccncc1. The van der Waals surface area contributed by atoms with E-state index < -0.39 is 0 Å². The predicted octanol–water partition coefficient (Wildman–Crippen LogP) is 3.71. The number of aromatic nitrogens is 1. The number of hydrogen-bond donors (Lipinski definition) is 2. The van der Waals surface area contributed by atoms with Gasteiger partial charge in [0.25, 0.3) is 0 Å². The van der Waals surface area contributed by atoms with Gasteiger partial charge in [0.2, 0.25) is 0 Å². The van der Waals surface area contributed by atoms with Crippen LogP contribution in [0.5, 0.6) is 11.5 Å². The van der Waals surface area contributed by atoms with Gasteiger partial charge in [-0.1, -0.05) is 42.5 Å². The molecule has 0 radical (unpaired) electrons. The molecule has 0 unspecified atom stereocenters. The maximum Gasteiger partial charge on any atom is 2.00 e. The summed E-state index contributed by atoms with van der Waals surface area (Å²) in [5.74, 6) is 0.644. The molecule has 0 fully saturated rings. The van der Waals surface area contributed by atoms with Crippen LogP contribution < -0.4 is 0 Å². The molecule has 0 saturated heterocycles. The summed E-state index contributed by atoms with van der Waals surface area (Å²) in [5, 5.41) is 17.3. The van der Waals surface area contributed by atoms with E-state index in [1.54, 1.807) is 60.9 Å². The van der Waals surface area contributed by atoms with Gasteiger partial charge in [0.15, 0.2) is 0 Å². The van der Waals surface area contributed by atoms with Crippen LogP contribution in [-0.4, -0.2) is 25.3 Å². The van der Waals surface area contributed by atoms with Crippen LogP contribution in [0.1, 0.15) is 2.85 Å². The topological polar surface area (TPSA) is 53.4 Å². The molecule has 0 saturated carbocycles. The second kappa shape index (κ2) is 12.4. The first-order valence-electron chi connectivity index (χ1n) is 6.12. The van der Waals surface area contributed by atoms with E-state index in [4.69, 9.17) is 10.2 Å². The normalized spacial score (nSPS) is 8.00. The van der Waals surface area contributed by atoms with Crippen molar-refractivity contribution in [1.82, 2.24) is 4.98 Å². The molecule has 0 aliphatic heterocycles. The van der Waals surface area contributed by atoms with Crippen LogP contribution in [0.4, 0.5) is 0 Å². The molecule has 1 heterocycles. The van der Waals surface area contributed by atoms with Gasteiger partial charge in [0.05, 0.1) is 0 Å². The number of nitrogens with zero attached hydrogens (tertiary/aromatic N) is 1. The molecule has 0 spiro atoms. The molecule has 4 heteroatoms. The molecule has 3 rings (SSSR count). The summed E-state index contributed by atoms with van der Waals surface area (Å²) in [5.41, 5.74) is 0. The number of para-hydroxylation sites is 2. The van der Waals surface area contributed by atoms with Gasteiger partial charge in [-0.05, 0) is 36.4 Å². The van der Waals surface area contributed by atoms with Crippen molar-refractivity contribution < 1.29 is 13.1 Å². The van der Waals surface area contributed by atoms with Crippen molar-refractivity contribution in [3.05, 3.63) is 91.3 Å². The summed E-state index contributed by atoms with van der Waals surface area (Å²) in [6, 6.07) is 23.1. The molecule has 0 atom stereocenters. The van der Waals surface area contributed by atoms with Crippen LogP contribution in [0.3, 0.4) is 0 Å².